The van der Waals surface area contributed by atoms with Crippen molar-refractivity contribution >= 4 is 28.7 Å². The number of fused-ring (bicyclic) bond motifs is 3. The number of rotatable bonds is 3. The molecule has 0 fully saturated rings. The van der Waals surface area contributed by atoms with Crippen LogP contribution in [0.1, 0.15) is 37.7 Å². The van der Waals surface area contributed by atoms with Crippen molar-refractivity contribution in [3.05, 3.63) is 54.1 Å². The summed E-state index contributed by atoms with van der Waals surface area (Å²) in [5.41, 5.74) is 4.32. The highest BCUT2D eigenvalue weighted by molar-refractivity contribution is 5.85. The molecule has 0 bridgehead atoms. The van der Waals surface area contributed by atoms with Crippen LogP contribution in [0, 0.1) is 0 Å². The zero-order chi connectivity index (χ0) is 16.1. The van der Waals surface area contributed by atoms with Crippen molar-refractivity contribution < 1.29 is 5.11 Å². The average Bonchev–Trinajstić information content (AvgIpc) is 2.95. The minimum atomic E-state index is -0.0583. The van der Waals surface area contributed by atoms with Crippen molar-refractivity contribution in [2.24, 2.45) is 0 Å². The lowest BCUT2D eigenvalue weighted by atomic mass is 10.2. The number of pyridine rings is 2. The minimum absolute atomic E-state index is 0.0583. The highest BCUT2D eigenvalue weighted by Gasteiger charge is 2.13. The predicted molar refractivity (Wildman–Crippen MR) is 92.6 cm³/mol. The van der Waals surface area contributed by atoms with E-state index in [4.69, 9.17) is 0 Å². The van der Waals surface area contributed by atoms with Crippen LogP contribution in [0.4, 0.5) is 0 Å². The summed E-state index contributed by atoms with van der Waals surface area (Å²) in [4.78, 5) is 8.73. The van der Waals surface area contributed by atoms with Gasteiger partial charge >= 0.3 is 0 Å². The van der Waals surface area contributed by atoms with E-state index >= 15 is 0 Å². The number of nitrogens with zero attached hydrogens (tertiary/aromatic N) is 3. The summed E-state index contributed by atoms with van der Waals surface area (Å²) >= 11 is 0. The second kappa shape index (κ2) is 7.00. The predicted octanol–water partition coefficient (Wildman–Crippen LogP) is 4.08. The Morgan fingerprint density at radius 3 is 2.77 bits per heavy atom. The Kier molecular flexibility index (Phi) is 5.07. The quantitative estimate of drug-likeness (QED) is 0.792. The molecule has 0 amide bonds. The largest absolute Gasteiger partial charge is 0.392 e. The lowest BCUT2D eigenvalue weighted by molar-refractivity contribution is 0.283. The van der Waals surface area contributed by atoms with Crippen LogP contribution in [0.25, 0.3) is 28.7 Å². The smallest absolute Gasteiger partial charge is 0.144 e. The molecule has 0 spiro atoms. The molecule has 0 atom stereocenters. The van der Waals surface area contributed by atoms with Gasteiger partial charge in [-0.25, -0.2) is 4.98 Å². The first-order chi connectivity index (χ1) is 10.8. The molecule has 3 aromatic rings. The number of allylic oxidation sites excluding steroid dienone is 1. The number of imidazole rings is 1. The number of hydrogen-bond acceptors (Lipinski definition) is 3. The fraction of sp³-hybridized carbons (Fsp3) is 0.222. The van der Waals surface area contributed by atoms with E-state index in [1.54, 1.807) is 18.5 Å². The third-order valence-corrected chi connectivity index (χ3v) is 3.32. The third-order valence-electron chi connectivity index (χ3n) is 3.32. The molecule has 22 heavy (non-hydrogen) atoms. The van der Waals surface area contributed by atoms with Crippen LogP contribution in [0.2, 0.25) is 0 Å². The molecule has 0 unspecified atom stereocenters. The van der Waals surface area contributed by atoms with Gasteiger partial charge in [0.25, 0.3) is 0 Å². The molecule has 0 aliphatic heterocycles. The van der Waals surface area contributed by atoms with E-state index < -0.39 is 0 Å². The van der Waals surface area contributed by atoms with Crippen molar-refractivity contribution in [1.29, 1.82) is 0 Å². The van der Waals surface area contributed by atoms with Gasteiger partial charge in [-0.15, -0.1) is 0 Å². The molecule has 0 aliphatic rings. The van der Waals surface area contributed by atoms with Gasteiger partial charge in [-0.05, 0) is 31.2 Å². The molecule has 3 rings (SSSR count). The van der Waals surface area contributed by atoms with E-state index in [9.17, 15) is 5.11 Å². The number of aliphatic hydroxyl groups excluding tert-OH is 1. The molecule has 0 saturated carbocycles. The highest BCUT2D eigenvalue weighted by atomic mass is 16.3. The van der Waals surface area contributed by atoms with Crippen molar-refractivity contribution in [2.75, 3.05) is 0 Å². The summed E-state index contributed by atoms with van der Waals surface area (Å²) in [5.74, 6) is 0. The van der Waals surface area contributed by atoms with Gasteiger partial charge in [0.2, 0.25) is 0 Å². The topological polar surface area (TPSA) is 50.4 Å². The van der Waals surface area contributed by atoms with Gasteiger partial charge in [-0.3, -0.25) is 9.38 Å². The summed E-state index contributed by atoms with van der Waals surface area (Å²) in [7, 11) is 0. The minimum Gasteiger partial charge on any atom is -0.392 e. The van der Waals surface area contributed by atoms with Gasteiger partial charge in [0.05, 0.1) is 23.5 Å². The molecule has 114 valence electrons. The summed E-state index contributed by atoms with van der Waals surface area (Å²) in [5, 5.41) is 10.6. The fourth-order valence-corrected chi connectivity index (χ4v) is 2.46. The Labute approximate surface area is 130 Å². The first kappa shape index (κ1) is 15.9. The summed E-state index contributed by atoms with van der Waals surface area (Å²) in [6.45, 7) is 9.73. The van der Waals surface area contributed by atoms with Crippen LogP contribution < -0.4 is 0 Å². The second-order valence-electron chi connectivity index (χ2n) is 4.51. The van der Waals surface area contributed by atoms with Gasteiger partial charge in [0.15, 0.2) is 0 Å². The van der Waals surface area contributed by atoms with E-state index in [0.717, 1.165) is 33.5 Å². The van der Waals surface area contributed by atoms with E-state index in [2.05, 4.69) is 16.5 Å². The molecule has 0 aromatic carbocycles. The van der Waals surface area contributed by atoms with Gasteiger partial charge < -0.3 is 5.11 Å². The summed E-state index contributed by atoms with van der Waals surface area (Å²) in [6.07, 6.45) is 9.25. The number of hydrogen-bond donors (Lipinski definition) is 1. The molecule has 4 nitrogen and oxygen atoms in total. The van der Waals surface area contributed by atoms with Crippen molar-refractivity contribution in [3.63, 3.8) is 0 Å². The molecule has 3 heterocycles. The van der Waals surface area contributed by atoms with Crippen LogP contribution in [-0.2, 0) is 6.61 Å². The molecule has 0 radical (unpaired) electrons. The van der Waals surface area contributed by atoms with Gasteiger partial charge in [-0.1, -0.05) is 26.5 Å². The van der Waals surface area contributed by atoms with E-state index in [0.29, 0.717) is 0 Å². The number of aromatic nitrogens is 3. The Bertz CT molecular complexity index is 831. The van der Waals surface area contributed by atoms with E-state index in [1.807, 2.05) is 49.5 Å². The monoisotopic (exact) mass is 295 g/mol. The van der Waals surface area contributed by atoms with Gasteiger partial charge in [0, 0.05) is 23.3 Å². The molecular weight excluding hydrogens is 274 g/mol. The van der Waals surface area contributed by atoms with Gasteiger partial charge in [0.1, 0.15) is 5.65 Å². The van der Waals surface area contributed by atoms with Crippen LogP contribution in [0.3, 0.4) is 0 Å². The van der Waals surface area contributed by atoms with Crippen LogP contribution in [-0.4, -0.2) is 19.5 Å². The second-order valence-corrected chi connectivity index (χ2v) is 4.51. The Morgan fingerprint density at radius 1 is 1.36 bits per heavy atom. The SMILES string of the molecule is C=Cc1nc2c(CO)cc3cnccc3n2c1/C=C\C.CC. The van der Waals surface area contributed by atoms with E-state index in [1.165, 1.54) is 0 Å². The Hall–Kier alpha value is -2.46. The first-order valence-corrected chi connectivity index (χ1v) is 7.44. The molecule has 1 N–H and O–H groups in total. The third kappa shape index (κ3) is 2.53. The van der Waals surface area contributed by atoms with Crippen LogP contribution >= 0.6 is 0 Å². The maximum atomic E-state index is 9.58. The number of aliphatic hydroxyl groups is 1. The Morgan fingerprint density at radius 2 is 2.14 bits per heavy atom. The van der Waals surface area contributed by atoms with Crippen LogP contribution in [0.5, 0.6) is 0 Å². The zero-order valence-corrected chi connectivity index (χ0v) is 13.2. The molecule has 0 saturated heterocycles. The summed E-state index contributed by atoms with van der Waals surface area (Å²) < 4.78 is 2.04. The van der Waals surface area contributed by atoms with Gasteiger partial charge in [-0.2, -0.15) is 0 Å². The van der Waals surface area contributed by atoms with Crippen LogP contribution in [0.15, 0.2) is 37.2 Å². The summed E-state index contributed by atoms with van der Waals surface area (Å²) in [6, 6.07) is 3.88. The first-order valence-electron chi connectivity index (χ1n) is 7.44. The zero-order valence-electron chi connectivity index (χ0n) is 13.2. The molecular formula is C18H21N3O. The normalized spacial score (nSPS) is 10.9. The van der Waals surface area contributed by atoms with E-state index in [-0.39, 0.29) is 6.61 Å². The molecule has 0 aliphatic carbocycles. The standard InChI is InChI=1S/C16H15N3O.C2H6/c1-3-5-15-13(4-2)18-16-12(10-20)8-11-9-17-7-6-14(11)19(15)16;1-2/h3-9,20H,2,10H2,1H3;1-2H3/b5-3-;. The lowest BCUT2D eigenvalue weighted by Crippen LogP contribution is -1.97. The maximum absolute atomic E-state index is 9.58. The molecule has 3 aromatic heterocycles. The average molecular weight is 295 g/mol. The fourth-order valence-electron chi connectivity index (χ4n) is 2.46. The Balaban J connectivity index is 0.000000847. The van der Waals surface area contributed by atoms with Crippen molar-refractivity contribution in [2.45, 2.75) is 27.4 Å². The van der Waals surface area contributed by atoms with Crippen molar-refractivity contribution in [3.8, 4) is 0 Å². The highest BCUT2D eigenvalue weighted by Crippen LogP contribution is 2.25. The lowest BCUT2D eigenvalue weighted by Gasteiger charge is -2.07. The maximum Gasteiger partial charge on any atom is 0.144 e. The van der Waals surface area contributed by atoms with Crippen molar-refractivity contribution in [1.82, 2.24) is 14.4 Å². The molecule has 4 heteroatoms.